The number of carbonyl (C=O) groups is 2. The van der Waals surface area contributed by atoms with Gasteiger partial charge in [-0.25, -0.2) is 0 Å². The Kier molecular flexibility index (Phi) is 2.61. The normalized spacial score (nSPS) is 12.5. The first kappa shape index (κ1) is 11.2. The molecule has 0 fully saturated rings. The molecule has 3 rings (SSSR count). The number of hydrogen-bond donors (Lipinski definition) is 0. The molecule has 1 aliphatic carbocycles. The number of ketones is 2. The molecule has 0 atom stereocenters. The maximum absolute atomic E-state index is 12.1. The summed E-state index contributed by atoms with van der Waals surface area (Å²) < 4.78 is 0. The second-order valence-electron chi connectivity index (χ2n) is 3.75. The van der Waals surface area contributed by atoms with Crippen molar-refractivity contribution in [2.75, 3.05) is 0 Å². The van der Waals surface area contributed by atoms with Gasteiger partial charge in [-0.3, -0.25) is 9.59 Å². The summed E-state index contributed by atoms with van der Waals surface area (Å²) in [7, 11) is 0. The Hall–Kier alpha value is -2.26. The molecule has 0 saturated heterocycles. The average Bonchev–Trinajstić information content (AvgIpc) is 2.36. The second kappa shape index (κ2) is 3.96. The molecule has 2 N–H and O–H groups in total. The molecule has 0 spiro atoms. The van der Waals surface area contributed by atoms with E-state index in [9.17, 15) is 9.59 Å². The molecule has 0 bridgehead atoms. The third-order valence-corrected chi connectivity index (χ3v) is 2.83. The van der Waals surface area contributed by atoms with E-state index in [1.165, 1.54) is 0 Å². The molecule has 2 aromatic rings. The van der Waals surface area contributed by atoms with Crippen LogP contribution in [0.25, 0.3) is 0 Å². The van der Waals surface area contributed by atoms with Crippen molar-refractivity contribution in [2.45, 2.75) is 0 Å². The van der Waals surface area contributed by atoms with Gasteiger partial charge < -0.3 is 5.48 Å². The van der Waals surface area contributed by atoms with Crippen LogP contribution in [-0.4, -0.2) is 17.0 Å². The molecule has 0 unspecified atom stereocenters. The number of fused-ring (bicyclic) bond motifs is 2. The molecule has 3 heteroatoms. The van der Waals surface area contributed by atoms with Crippen LogP contribution >= 0.6 is 0 Å². The average molecular weight is 227 g/mol. The number of carbonyl (C=O) groups excluding carboxylic acids is 2. The van der Waals surface area contributed by atoms with Crippen molar-refractivity contribution >= 4 is 11.6 Å². The lowest BCUT2D eigenvalue weighted by molar-refractivity contribution is 0.0979. The number of hydrogen-bond acceptors (Lipinski definition) is 2. The highest BCUT2D eigenvalue weighted by atomic mass is 16.1. The molecule has 0 saturated carbocycles. The topological polar surface area (TPSA) is 65.6 Å². The van der Waals surface area contributed by atoms with Crippen LogP contribution in [0.5, 0.6) is 0 Å². The van der Waals surface area contributed by atoms with Gasteiger partial charge in [0, 0.05) is 22.3 Å². The minimum absolute atomic E-state index is 0. The minimum Gasteiger partial charge on any atom is -0.412 e. The zero-order valence-corrected chi connectivity index (χ0v) is 8.94. The van der Waals surface area contributed by atoms with Gasteiger partial charge in [0.15, 0.2) is 11.6 Å². The lowest BCUT2D eigenvalue weighted by atomic mass is 9.84. The largest absolute Gasteiger partial charge is 1.00 e. The molecule has 0 radical (unpaired) electrons. The fourth-order valence-corrected chi connectivity index (χ4v) is 2.05. The SMILES string of the molecule is O.O=C1c2ccccc2C(=O)c2ccccc21.[H+]. The van der Waals surface area contributed by atoms with Gasteiger partial charge in [0.05, 0.1) is 0 Å². The van der Waals surface area contributed by atoms with E-state index in [0.29, 0.717) is 22.3 Å². The molecule has 0 aromatic heterocycles. The zero-order valence-electron chi connectivity index (χ0n) is 9.94. The molecule has 0 aliphatic heterocycles. The molecule has 17 heavy (non-hydrogen) atoms. The summed E-state index contributed by atoms with van der Waals surface area (Å²) in [6.45, 7) is 0. The van der Waals surface area contributed by atoms with Gasteiger partial charge in [-0.15, -0.1) is 0 Å². The summed E-state index contributed by atoms with van der Waals surface area (Å²) in [6.07, 6.45) is 0. The van der Waals surface area contributed by atoms with Crippen molar-refractivity contribution in [3.8, 4) is 0 Å². The monoisotopic (exact) mass is 227 g/mol. The summed E-state index contributed by atoms with van der Waals surface area (Å²) in [6, 6.07) is 13.9. The summed E-state index contributed by atoms with van der Waals surface area (Å²) in [5, 5.41) is 0. The third-order valence-electron chi connectivity index (χ3n) is 2.83. The van der Waals surface area contributed by atoms with Gasteiger partial charge in [-0.05, 0) is 0 Å². The molecule has 2 aromatic carbocycles. The Bertz CT molecular complexity index is 514. The van der Waals surface area contributed by atoms with Crippen molar-refractivity contribution < 1.29 is 16.5 Å². The van der Waals surface area contributed by atoms with Gasteiger partial charge in [-0.1, -0.05) is 48.5 Å². The molecular formula is C14H11O3+. The van der Waals surface area contributed by atoms with Gasteiger partial charge in [0.25, 0.3) is 0 Å². The molecule has 3 nitrogen and oxygen atoms in total. The first-order chi connectivity index (χ1) is 7.79. The highest BCUT2D eigenvalue weighted by Gasteiger charge is 2.28. The van der Waals surface area contributed by atoms with E-state index in [2.05, 4.69) is 0 Å². The lowest BCUT2D eigenvalue weighted by Gasteiger charge is -2.16. The van der Waals surface area contributed by atoms with E-state index in [1.54, 1.807) is 48.5 Å². The standard InChI is InChI=1S/C14H8O2.H2O/c15-13-9-5-1-2-6-10(9)14(16)12-8-4-3-7-11(12)13;/h1-8H;1H2/p+1. The van der Waals surface area contributed by atoms with Gasteiger partial charge >= 0.3 is 1.43 Å². The van der Waals surface area contributed by atoms with Gasteiger partial charge in [-0.2, -0.15) is 0 Å². The molecular weight excluding hydrogens is 216 g/mol. The van der Waals surface area contributed by atoms with Crippen LogP contribution in [0.1, 0.15) is 33.3 Å². The highest BCUT2D eigenvalue weighted by molar-refractivity contribution is 6.28. The predicted molar refractivity (Wildman–Crippen MR) is 64.5 cm³/mol. The van der Waals surface area contributed by atoms with Crippen molar-refractivity contribution in [3.63, 3.8) is 0 Å². The predicted octanol–water partition coefficient (Wildman–Crippen LogP) is 1.75. The van der Waals surface area contributed by atoms with Crippen LogP contribution in [-0.2, 0) is 0 Å². The number of rotatable bonds is 0. The smallest absolute Gasteiger partial charge is 0.412 e. The third kappa shape index (κ3) is 1.48. The first-order valence-corrected chi connectivity index (χ1v) is 5.06. The van der Waals surface area contributed by atoms with Crippen LogP contribution in [0.15, 0.2) is 48.5 Å². The van der Waals surface area contributed by atoms with Crippen LogP contribution < -0.4 is 0 Å². The Morgan fingerprint density at radius 2 is 0.824 bits per heavy atom. The van der Waals surface area contributed by atoms with Crippen LogP contribution in [0.3, 0.4) is 0 Å². The van der Waals surface area contributed by atoms with Gasteiger partial charge in [0.2, 0.25) is 0 Å². The van der Waals surface area contributed by atoms with E-state index >= 15 is 0 Å². The summed E-state index contributed by atoms with van der Waals surface area (Å²) in [5.41, 5.74) is 2.02. The Morgan fingerprint density at radius 3 is 1.06 bits per heavy atom. The van der Waals surface area contributed by atoms with Crippen LogP contribution in [0.2, 0.25) is 0 Å². The maximum Gasteiger partial charge on any atom is 1.00 e. The van der Waals surface area contributed by atoms with Crippen LogP contribution in [0.4, 0.5) is 0 Å². The van der Waals surface area contributed by atoms with Crippen molar-refractivity contribution in [1.29, 1.82) is 0 Å². The molecule has 84 valence electrons. The Balaban J connectivity index is 0.000000810. The van der Waals surface area contributed by atoms with E-state index in [1.807, 2.05) is 0 Å². The number of benzene rings is 2. The fraction of sp³-hybridized carbons (Fsp3) is 0. The Morgan fingerprint density at radius 1 is 0.588 bits per heavy atom. The van der Waals surface area contributed by atoms with Crippen LogP contribution in [0, 0.1) is 0 Å². The van der Waals surface area contributed by atoms with Crippen molar-refractivity contribution in [2.24, 2.45) is 0 Å². The summed E-state index contributed by atoms with van der Waals surface area (Å²) in [5.74, 6) is -0.128. The van der Waals surface area contributed by atoms with E-state index in [0.717, 1.165) is 0 Å². The fourth-order valence-electron chi connectivity index (χ4n) is 2.05. The molecule has 0 amide bonds. The van der Waals surface area contributed by atoms with Crippen molar-refractivity contribution in [1.82, 2.24) is 0 Å². The zero-order chi connectivity index (χ0) is 11.1. The lowest BCUT2D eigenvalue weighted by Crippen LogP contribution is -2.20. The maximum atomic E-state index is 12.1. The quantitative estimate of drug-likeness (QED) is 0.587. The molecule has 1 aliphatic rings. The Labute approximate surface area is 99.5 Å². The summed E-state index contributed by atoms with van der Waals surface area (Å²) in [4.78, 5) is 24.2. The summed E-state index contributed by atoms with van der Waals surface area (Å²) >= 11 is 0. The van der Waals surface area contributed by atoms with Gasteiger partial charge in [0.1, 0.15) is 0 Å². The minimum atomic E-state index is -0.0641. The van der Waals surface area contributed by atoms with E-state index < -0.39 is 0 Å². The van der Waals surface area contributed by atoms with Crippen molar-refractivity contribution in [3.05, 3.63) is 70.8 Å². The van der Waals surface area contributed by atoms with E-state index in [4.69, 9.17) is 0 Å². The molecule has 0 heterocycles. The first-order valence-electron chi connectivity index (χ1n) is 5.06. The van der Waals surface area contributed by atoms with E-state index in [-0.39, 0.29) is 18.5 Å². The highest BCUT2D eigenvalue weighted by Crippen LogP contribution is 2.26. The second-order valence-corrected chi connectivity index (χ2v) is 3.75.